The molecule has 2 rings (SSSR count). The monoisotopic (exact) mass is 456 g/mol. The van der Waals surface area contributed by atoms with Crippen LogP contribution >= 0.6 is 15.9 Å². The number of hydrogen-bond donors (Lipinski definition) is 4. The summed E-state index contributed by atoms with van der Waals surface area (Å²) in [5, 5.41) is 10.8. The zero-order valence-electron chi connectivity index (χ0n) is 15.1. The van der Waals surface area contributed by atoms with Crippen LogP contribution in [0.25, 0.3) is 0 Å². The van der Waals surface area contributed by atoms with Gasteiger partial charge in [0.05, 0.1) is 22.3 Å². The zero-order chi connectivity index (χ0) is 20.2. The van der Waals surface area contributed by atoms with Crippen LogP contribution in [0.3, 0.4) is 0 Å². The molecule has 0 saturated carbocycles. The van der Waals surface area contributed by atoms with Crippen LogP contribution in [0, 0.1) is 5.41 Å². The first kappa shape index (κ1) is 21.1. The van der Waals surface area contributed by atoms with Crippen molar-refractivity contribution in [2.75, 3.05) is 18.1 Å². The van der Waals surface area contributed by atoms with Crippen LogP contribution in [-0.4, -0.2) is 36.2 Å². The first-order valence-corrected chi connectivity index (χ1v) is 10.3. The SMILES string of the molecule is CCC(C)Oc1ccc(S(=O)(=O)NC)cc1Nc1ncnc(N)c1C(=N)Br. The number of nitrogens with zero attached hydrogens (tertiary/aromatic N) is 2. The highest BCUT2D eigenvalue weighted by Crippen LogP contribution is 2.33. The van der Waals surface area contributed by atoms with Gasteiger partial charge in [0.2, 0.25) is 10.0 Å². The lowest BCUT2D eigenvalue weighted by Gasteiger charge is -2.19. The molecule has 9 nitrogen and oxygen atoms in total. The van der Waals surface area contributed by atoms with E-state index in [2.05, 4.69) is 35.9 Å². The van der Waals surface area contributed by atoms with E-state index < -0.39 is 10.0 Å². The van der Waals surface area contributed by atoms with Crippen LogP contribution in [-0.2, 0) is 10.0 Å². The molecule has 0 bridgehead atoms. The Morgan fingerprint density at radius 3 is 2.70 bits per heavy atom. The number of hydrogen-bond acceptors (Lipinski definition) is 8. The summed E-state index contributed by atoms with van der Waals surface area (Å²) >= 11 is 3.07. The molecule has 0 amide bonds. The average molecular weight is 457 g/mol. The molecule has 146 valence electrons. The lowest BCUT2D eigenvalue weighted by molar-refractivity contribution is 0.218. The smallest absolute Gasteiger partial charge is 0.240 e. The molecule has 2 aromatic rings. The van der Waals surface area contributed by atoms with Crippen LogP contribution in [0.15, 0.2) is 29.4 Å². The second-order valence-electron chi connectivity index (χ2n) is 5.62. The molecule has 1 unspecified atom stereocenters. The first-order valence-electron chi connectivity index (χ1n) is 8.05. The van der Waals surface area contributed by atoms with Crippen LogP contribution in [0.4, 0.5) is 17.3 Å². The highest BCUT2D eigenvalue weighted by atomic mass is 79.9. The van der Waals surface area contributed by atoms with Crippen molar-refractivity contribution in [3.63, 3.8) is 0 Å². The van der Waals surface area contributed by atoms with Crippen molar-refractivity contribution in [1.29, 1.82) is 5.41 Å². The van der Waals surface area contributed by atoms with E-state index >= 15 is 0 Å². The van der Waals surface area contributed by atoms with Gasteiger partial charge in [-0.05, 0) is 54.5 Å². The van der Waals surface area contributed by atoms with E-state index in [-0.39, 0.29) is 32.8 Å². The number of ether oxygens (including phenoxy) is 1. The molecule has 5 N–H and O–H groups in total. The van der Waals surface area contributed by atoms with Gasteiger partial charge in [0, 0.05) is 0 Å². The maximum absolute atomic E-state index is 12.2. The number of rotatable bonds is 8. The number of sulfonamides is 1. The molecule has 1 atom stereocenters. The van der Waals surface area contributed by atoms with Crippen LogP contribution in [0.5, 0.6) is 5.75 Å². The molecule has 0 radical (unpaired) electrons. The molecule has 0 fully saturated rings. The third-order valence-electron chi connectivity index (χ3n) is 3.78. The summed E-state index contributed by atoms with van der Waals surface area (Å²) in [4.78, 5) is 8.05. The van der Waals surface area contributed by atoms with Gasteiger partial charge in [0.15, 0.2) is 0 Å². The van der Waals surface area contributed by atoms with Crippen molar-refractivity contribution in [2.45, 2.75) is 31.3 Å². The topological polar surface area (TPSA) is 143 Å². The predicted octanol–water partition coefficient (Wildman–Crippen LogP) is 2.61. The molecule has 0 aliphatic carbocycles. The second kappa shape index (κ2) is 8.63. The van der Waals surface area contributed by atoms with Gasteiger partial charge in [-0.1, -0.05) is 6.92 Å². The summed E-state index contributed by atoms with van der Waals surface area (Å²) in [7, 11) is -2.32. The molecule has 1 heterocycles. The quantitative estimate of drug-likeness (QED) is 0.446. The molecule has 11 heteroatoms. The third kappa shape index (κ3) is 4.93. The number of nitrogens with one attached hydrogen (secondary N) is 3. The number of nitrogen functional groups attached to an aromatic ring is 1. The van der Waals surface area contributed by atoms with E-state index in [1.165, 1.54) is 25.5 Å². The summed E-state index contributed by atoms with van der Waals surface area (Å²) in [6.45, 7) is 3.89. The van der Waals surface area contributed by atoms with E-state index in [0.717, 1.165) is 6.42 Å². The van der Waals surface area contributed by atoms with E-state index in [1.54, 1.807) is 6.07 Å². The Hall–Kier alpha value is -2.24. The molecule has 1 aromatic carbocycles. The molecule has 0 aliphatic heterocycles. The molecule has 27 heavy (non-hydrogen) atoms. The lowest BCUT2D eigenvalue weighted by atomic mass is 10.2. The van der Waals surface area contributed by atoms with Crippen molar-refractivity contribution >= 4 is 47.9 Å². The van der Waals surface area contributed by atoms with Gasteiger partial charge in [-0.3, -0.25) is 5.41 Å². The minimum atomic E-state index is -3.65. The number of benzene rings is 1. The van der Waals surface area contributed by atoms with Gasteiger partial charge < -0.3 is 15.8 Å². The summed E-state index contributed by atoms with van der Waals surface area (Å²) in [6.07, 6.45) is 1.94. The molecular weight excluding hydrogens is 436 g/mol. The number of aromatic nitrogens is 2. The average Bonchev–Trinajstić information content (AvgIpc) is 2.62. The van der Waals surface area contributed by atoms with Gasteiger partial charge >= 0.3 is 0 Å². The Morgan fingerprint density at radius 1 is 1.41 bits per heavy atom. The van der Waals surface area contributed by atoms with E-state index in [0.29, 0.717) is 11.4 Å². The van der Waals surface area contributed by atoms with E-state index in [9.17, 15) is 8.42 Å². The Balaban J connectivity index is 2.57. The van der Waals surface area contributed by atoms with Gasteiger partial charge in [-0.25, -0.2) is 23.1 Å². The van der Waals surface area contributed by atoms with Gasteiger partial charge in [0.1, 0.15) is 28.3 Å². The number of anilines is 3. The summed E-state index contributed by atoms with van der Waals surface area (Å²) < 4.78 is 32.5. The normalized spacial score (nSPS) is 12.4. The third-order valence-corrected chi connectivity index (χ3v) is 5.59. The fraction of sp³-hybridized carbons (Fsp3) is 0.312. The van der Waals surface area contributed by atoms with Crippen LogP contribution in [0.1, 0.15) is 25.8 Å². The Labute approximate surface area is 166 Å². The fourth-order valence-corrected chi connectivity index (χ4v) is 3.28. The fourth-order valence-electron chi connectivity index (χ4n) is 2.13. The number of nitrogens with two attached hydrogens (primary N) is 1. The largest absolute Gasteiger partial charge is 0.489 e. The van der Waals surface area contributed by atoms with Crippen molar-refractivity contribution in [3.8, 4) is 5.75 Å². The van der Waals surface area contributed by atoms with Gasteiger partial charge in [-0.15, -0.1) is 0 Å². The standard InChI is InChI=1S/C16H21BrN6O3S/c1-4-9(2)26-12-6-5-10(27(24,25)20-3)7-11(12)23-16-13(14(17)18)15(19)21-8-22-16/h5-9,18,20H,4H2,1-3H3,(H3,19,21,22,23). The predicted molar refractivity (Wildman–Crippen MR) is 109 cm³/mol. The van der Waals surface area contributed by atoms with Gasteiger partial charge in [0.25, 0.3) is 0 Å². The highest BCUT2D eigenvalue weighted by Gasteiger charge is 2.19. The Kier molecular flexibility index (Phi) is 6.73. The van der Waals surface area contributed by atoms with Crippen LogP contribution < -0.4 is 20.5 Å². The number of halogens is 1. The van der Waals surface area contributed by atoms with Gasteiger partial charge in [-0.2, -0.15) is 0 Å². The summed E-state index contributed by atoms with van der Waals surface area (Å²) in [5.41, 5.74) is 6.47. The van der Waals surface area contributed by atoms with Crippen molar-refractivity contribution in [2.24, 2.45) is 0 Å². The molecule has 0 saturated heterocycles. The molecule has 0 aliphatic rings. The van der Waals surface area contributed by atoms with Crippen molar-refractivity contribution in [1.82, 2.24) is 14.7 Å². The maximum atomic E-state index is 12.2. The lowest BCUT2D eigenvalue weighted by Crippen LogP contribution is -2.19. The second-order valence-corrected chi connectivity index (χ2v) is 8.30. The minimum Gasteiger partial charge on any atom is -0.489 e. The molecule has 1 aromatic heterocycles. The van der Waals surface area contributed by atoms with Crippen LogP contribution in [0.2, 0.25) is 0 Å². The van der Waals surface area contributed by atoms with Crippen molar-refractivity contribution < 1.29 is 13.2 Å². The van der Waals surface area contributed by atoms with Crippen molar-refractivity contribution in [3.05, 3.63) is 30.1 Å². The highest BCUT2D eigenvalue weighted by molar-refractivity contribution is 9.18. The summed E-state index contributed by atoms with van der Waals surface area (Å²) in [6, 6.07) is 4.46. The Morgan fingerprint density at radius 2 is 2.11 bits per heavy atom. The zero-order valence-corrected chi connectivity index (χ0v) is 17.5. The first-order chi connectivity index (χ1) is 12.7. The Bertz CT molecular complexity index is 951. The maximum Gasteiger partial charge on any atom is 0.240 e. The molecule has 0 spiro atoms. The molecular formula is C16H21BrN6O3S. The minimum absolute atomic E-state index is 0.00787. The summed E-state index contributed by atoms with van der Waals surface area (Å²) in [5.74, 6) is 0.804. The van der Waals surface area contributed by atoms with E-state index in [1.807, 2.05) is 13.8 Å². The van der Waals surface area contributed by atoms with E-state index in [4.69, 9.17) is 15.9 Å².